The first-order chi connectivity index (χ1) is 9.97. The van der Waals surface area contributed by atoms with Gasteiger partial charge >= 0.3 is 0 Å². The van der Waals surface area contributed by atoms with Crippen LogP contribution in [0.25, 0.3) is 0 Å². The van der Waals surface area contributed by atoms with Gasteiger partial charge in [0.25, 0.3) is 0 Å². The lowest BCUT2D eigenvalue weighted by atomic mass is 9.45. The fourth-order valence-corrected chi connectivity index (χ4v) is 6.74. The number of ketones is 2. The van der Waals surface area contributed by atoms with Gasteiger partial charge in [0, 0.05) is 24.2 Å². The first-order valence-electron chi connectivity index (χ1n) is 9.03. The third-order valence-electron chi connectivity index (χ3n) is 8.10. The third kappa shape index (κ3) is 1.71. The molecule has 2 heteroatoms. The van der Waals surface area contributed by atoms with E-state index in [0.29, 0.717) is 34.7 Å². The second-order valence-corrected chi connectivity index (χ2v) is 8.78. The van der Waals surface area contributed by atoms with Crippen molar-refractivity contribution in [2.45, 2.75) is 71.6 Å². The van der Waals surface area contributed by atoms with Crippen molar-refractivity contribution in [3.8, 4) is 0 Å². The van der Waals surface area contributed by atoms with Crippen molar-refractivity contribution in [1.29, 1.82) is 0 Å². The Labute approximate surface area is 128 Å². The molecule has 0 N–H and O–H groups in total. The van der Waals surface area contributed by atoms with Gasteiger partial charge in [0.05, 0.1) is 0 Å². The molecule has 0 heterocycles. The van der Waals surface area contributed by atoms with Crippen LogP contribution in [0.4, 0.5) is 0 Å². The fraction of sp³-hybridized carbons (Fsp3) is 0.895. The van der Waals surface area contributed by atoms with E-state index in [0.717, 1.165) is 32.1 Å². The highest BCUT2D eigenvalue weighted by molar-refractivity contribution is 5.90. The van der Waals surface area contributed by atoms with Crippen LogP contribution in [-0.4, -0.2) is 11.6 Å². The van der Waals surface area contributed by atoms with E-state index in [4.69, 9.17) is 0 Å². The summed E-state index contributed by atoms with van der Waals surface area (Å²) in [4.78, 5) is 25.3. The van der Waals surface area contributed by atoms with Crippen LogP contribution in [0.2, 0.25) is 0 Å². The van der Waals surface area contributed by atoms with Crippen molar-refractivity contribution in [2.75, 3.05) is 0 Å². The van der Waals surface area contributed by atoms with Crippen molar-refractivity contribution in [3.63, 3.8) is 0 Å². The second-order valence-electron chi connectivity index (χ2n) is 8.78. The van der Waals surface area contributed by atoms with Gasteiger partial charge < -0.3 is 0 Å². The van der Waals surface area contributed by atoms with Gasteiger partial charge in [-0.25, -0.2) is 0 Å². The molecule has 0 aromatic carbocycles. The van der Waals surface area contributed by atoms with Crippen LogP contribution in [0, 0.1) is 34.5 Å². The number of carbonyl (C=O) groups is 2. The number of hydrogen-bond acceptors (Lipinski definition) is 2. The summed E-state index contributed by atoms with van der Waals surface area (Å²) in [5, 5.41) is 0. The molecule has 2 nitrogen and oxygen atoms in total. The van der Waals surface area contributed by atoms with Crippen LogP contribution >= 0.6 is 0 Å². The van der Waals surface area contributed by atoms with Crippen LogP contribution < -0.4 is 0 Å². The zero-order chi connectivity index (χ0) is 14.8. The summed E-state index contributed by atoms with van der Waals surface area (Å²) in [6.07, 6.45) is 9.86. The van der Waals surface area contributed by atoms with Crippen LogP contribution in [0.5, 0.6) is 0 Å². The highest BCUT2D eigenvalue weighted by Crippen LogP contribution is 2.64. The molecule has 0 bridgehead atoms. The molecule has 4 fully saturated rings. The summed E-state index contributed by atoms with van der Waals surface area (Å²) in [6.45, 7) is 4.63. The molecular weight excluding hydrogens is 260 g/mol. The number of fused-ring (bicyclic) bond motifs is 5. The van der Waals surface area contributed by atoms with E-state index in [2.05, 4.69) is 13.8 Å². The summed E-state index contributed by atoms with van der Waals surface area (Å²) in [6, 6.07) is 0. The van der Waals surface area contributed by atoms with E-state index in [1.165, 1.54) is 25.7 Å². The minimum Gasteiger partial charge on any atom is -0.299 e. The summed E-state index contributed by atoms with van der Waals surface area (Å²) in [5.74, 6) is 2.70. The van der Waals surface area contributed by atoms with Crippen LogP contribution in [0.3, 0.4) is 0 Å². The maximum absolute atomic E-state index is 12.9. The van der Waals surface area contributed by atoms with Gasteiger partial charge in [-0.05, 0) is 55.3 Å². The lowest BCUT2D eigenvalue weighted by molar-refractivity contribution is -0.156. The molecule has 0 aromatic heterocycles. The monoisotopic (exact) mass is 288 g/mol. The van der Waals surface area contributed by atoms with Crippen molar-refractivity contribution >= 4 is 11.6 Å². The predicted molar refractivity (Wildman–Crippen MR) is 81.7 cm³/mol. The third-order valence-corrected chi connectivity index (χ3v) is 8.10. The average Bonchev–Trinajstić information content (AvgIpc) is 2.76. The lowest BCUT2D eigenvalue weighted by Crippen LogP contribution is -2.56. The summed E-state index contributed by atoms with van der Waals surface area (Å²) in [5.41, 5.74) is 0.207. The van der Waals surface area contributed by atoms with Gasteiger partial charge in [-0.1, -0.05) is 26.7 Å². The van der Waals surface area contributed by atoms with Crippen LogP contribution in [0.1, 0.15) is 71.6 Å². The summed E-state index contributed by atoms with van der Waals surface area (Å²) >= 11 is 0. The van der Waals surface area contributed by atoms with E-state index >= 15 is 0 Å². The van der Waals surface area contributed by atoms with E-state index in [1.54, 1.807) is 0 Å². The highest BCUT2D eigenvalue weighted by Gasteiger charge is 2.62. The first-order valence-corrected chi connectivity index (χ1v) is 9.03. The quantitative estimate of drug-likeness (QED) is 0.670. The summed E-state index contributed by atoms with van der Waals surface area (Å²) in [7, 11) is 0. The van der Waals surface area contributed by atoms with E-state index in [1.807, 2.05) is 0 Å². The average molecular weight is 288 g/mol. The molecule has 0 unspecified atom stereocenters. The molecule has 0 spiro atoms. The molecule has 4 rings (SSSR count). The number of Topliss-reactive ketones (excluding diaryl/α,β-unsaturated/α-hetero) is 2. The maximum Gasteiger partial charge on any atom is 0.139 e. The Morgan fingerprint density at radius 2 is 1.76 bits per heavy atom. The topological polar surface area (TPSA) is 34.1 Å². The molecule has 0 radical (unpaired) electrons. The lowest BCUT2D eigenvalue weighted by Gasteiger charge is -2.58. The molecule has 0 amide bonds. The Morgan fingerprint density at radius 1 is 0.952 bits per heavy atom. The molecule has 4 aliphatic carbocycles. The molecule has 4 saturated carbocycles. The van der Waals surface area contributed by atoms with E-state index < -0.39 is 0 Å². The second kappa shape index (κ2) is 4.43. The molecule has 0 aliphatic heterocycles. The summed E-state index contributed by atoms with van der Waals surface area (Å²) < 4.78 is 0. The Kier molecular flexibility index (Phi) is 2.94. The van der Waals surface area contributed by atoms with Crippen LogP contribution in [0.15, 0.2) is 0 Å². The molecule has 0 saturated heterocycles. The Balaban J connectivity index is 1.72. The number of carbonyl (C=O) groups excluding carboxylic acids is 2. The largest absolute Gasteiger partial charge is 0.299 e. The van der Waals surface area contributed by atoms with E-state index in [-0.39, 0.29) is 11.3 Å². The van der Waals surface area contributed by atoms with Gasteiger partial charge in [0.1, 0.15) is 11.6 Å². The normalized spacial score (nSPS) is 53.0. The van der Waals surface area contributed by atoms with Gasteiger partial charge in [0.2, 0.25) is 0 Å². The minimum absolute atomic E-state index is 0.172. The zero-order valence-electron chi connectivity index (χ0n) is 13.5. The number of rotatable bonds is 0. The number of hydrogen-bond donors (Lipinski definition) is 0. The minimum atomic E-state index is -0.172. The van der Waals surface area contributed by atoms with Crippen molar-refractivity contribution in [2.24, 2.45) is 34.5 Å². The Bertz CT molecular complexity index is 496. The fourth-order valence-electron chi connectivity index (χ4n) is 6.74. The molecule has 0 aromatic rings. The van der Waals surface area contributed by atoms with Gasteiger partial charge in [-0.3, -0.25) is 9.59 Å². The predicted octanol–water partition coefficient (Wildman–Crippen LogP) is 4.17. The standard InChI is InChI=1S/C19H28O2/c1-18-9-4-3-5-12(18)11-15(20)17-13-6-7-16(21)19(13,2)10-8-14(17)18/h12-14,17H,3-11H2,1-2H3/t12-,13-,14-,17-,18+,19+/m1/s1. The van der Waals surface area contributed by atoms with Crippen molar-refractivity contribution in [3.05, 3.63) is 0 Å². The van der Waals surface area contributed by atoms with E-state index in [9.17, 15) is 9.59 Å². The van der Waals surface area contributed by atoms with Gasteiger partial charge in [0.15, 0.2) is 0 Å². The first kappa shape index (κ1) is 14.0. The molecule has 116 valence electrons. The van der Waals surface area contributed by atoms with Crippen molar-refractivity contribution < 1.29 is 9.59 Å². The highest BCUT2D eigenvalue weighted by atomic mass is 16.1. The Morgan fingerprint density at radius 3 is 2.57 bits per heavy atom. The van der Waals surface area contributed by atoms with Crippen LogP contribution in [-0.2, 0) is 9.59 Å². The maximum atomic E-state index is 12.9. The smallest absolute Gasteiger partial charge is 0.139 e. The van der Waals surface area contributed by atoms with Gasteiger partial charge in [-0.2, -0.15) is 0 Å². The van der Waals surface area contributed by atoms with Crippen molar-refractivity contribution in [1.82, 2.24) is 0 Å². The SMILES string of the molecule is C[C@]12CCCC[C@@H]1CC(=O)[C@H]1[C@H]2CC[C@]2(C)C(=O)CC[C@H]12. The molecule has 4 aliphatic rings. The Hall–Kier alpha value is -0.660. The molecule has 6 atom stereocenters. The zero-order valence-corrected chi connectivity index (χ0v) is 13.5. The van der Waals surface area contributed by atoms with Gasteiger partial charge in [-0.15, -0.1) is 0 Å². The molecule has 21 heavy (non-hydrogen) atoms. The molecular formula is C19H28O2.